The van der Waals surface area contributed by atoms with Crippen LogP contribution in [0.1, 0.15) is 46.1 Å². The van der Waals surface area contributed by atoms with Crippen molar-refractivity contribution in [2.24, 2.45) is 0 Å². The molecule has 1 fully saturated rings. The first kappa shape index (κ1) is 29.1. The molecular formula is C31H43N7O2S. The predicted molar refractivity (Wildman–Crippen MR) is 170 cm³/mol. The molecule has 2 aliphatic heterocycles. The Labute approximate surface area is 246 Å². The molecule has 1 atom stereocenters. The SMILES string of the molecule is CC(C)Oc1cc(N2CCC(N(C)C)CC2)ccc1Nc1nc2c(c(Nc3ccccc3S(=O)C(C)C)n1)CCN2. The molecule has 0 bridgehead atoms. The summed E-state index contributed by atoms with van der Waals surface area (Å²) < 4.78 is 19.3. The summed E-state index contributed by atoms with van der Waals surface area (Å²) in [5.41, 5.74) is 3.80. The molecule has 3 aromatic rings. The van der Waals surface area contributed by atoms with Gasteiger partial charge in [-0.25, -0.2) is 0 Å². The first-order chi connectivity index (χ1) is 19.7. The molecule has 1 aromatic heterocycles. The Morgan fingerprint density at radius 1 is 1.02 bits per heavy atom. The standard InChI is InChI=1S/C31H43N7O2S/c1-20(2)40-27-19-23(38-17-14-22(15-18-38)37(5)6)11-12-25(27)34-31-35-29-24(13-16-32-29)30(36-31)33-26-9-7-8-10-28(26)41(39)21(3)4/h7-12,19-22H,13-18H2,1-6H3,(H3,32,33,34,35,36). The highest BCUT2D eigenvalue weighted by atomic mass is 32.2. The molecule has 0 radical (unpaired) electrons. The summed E-state index contributed by atoms with van der Waals surface area (Å²) in [6.45, 7) is 10.8. The molecule has 9 nitrogen and oxygen atoms in total. The van der Waals surface area contributed by atoms with E-state index in [0.717, 1.165) is 78.0 Å². The lowest BCUT2D eigenvalue weighted by Gasteiger charge is -2.36. The van der Waals surface area contributed by atoms with Crippen LogP contribution in [-0.2, 0) is 17.2 Å². The van der Waals surface area contributed by atoms with Gasteiger partial charge in [-0.2, -0.15) is 9.97 Å². The van der Waals surface area contributed by atoms with Crippen molar-refractivity contribution in [3.8, 4) is 5.75 Å². The largest absolute Gasteiger partial charge is 0.489 e. The van der Waals surface area contributed by atoms with Gasteiger partial charge in [-0.15, -0.1) is 0 Å². The average Bonchev–Trinajstić information content (AvgIpc) is 3.43. The fraction of sp³-hybridized carbons (Fsp3) is 0.484. The van der Waals surface area contributed by atoms with E-state index >= 15 is 0 Å². The number of piperidine rings is 1. The zero-order valence-electron chi connectivity index (χ0n) is 25.0. The number of benzene rings is 2. The number of nitrogens with one attached hydrogen (secondary N) is 3. The third-order valence-electron chi connectivity index (χ3n) is 7.59. The number of fused-ring (bicyclic) bond motifs is 1. The Bertz CT molecular complexity index is 1390. The van der Waals surface area contributed by atoms with E-state index in [4.69, 9.17) is 14.7 Å². The molecule has 41 heavy (non-hydrogen) atoms. The third kappa shape index (κ3) is 6.76. The monoisotopic (exact) mass is 577 g/mol. The van der Waals surface area contributed by atoms with Gasteiger partial charge in [0.25, 0.3) is 0 Å². The second kappa shape index (κ2) is 12.7. The molecule has 3 N–H and O–H groups in total. The summed E-state index contributed by atoms with van der Waals surface area (Å²) in [5.74, 6) is 2.76. The van der Waals surface area contributed by atoms with Gasteiger partial charge in [0, 0.05) is 48.2 Å². The number of hydrogen-bond donors (Lipinski definition) is 3. The zero-order chi connectivity index (χ0) is 29.1. The molecule has 220 valence electrons. The topological polar surface area (TPSA) is 94.7 Å². The van der Waals surface area contributed by atoms with Gasteiger partial charge in [0.15, 0.2) is 0 Å². The van der Waals surface area contributed by atoms with Crippen LogP contribution in [0.2, 0.25) is 0 Å². The summed E-state index contributed by atoms with van der Waals surface area (Å²) in [5, 5.41) is 10.3. The van der Waals surface area contributed by atoms with Crippen LogP contribution in [0.3, 0.4) is 0 Å². The molecule has 1 saturated heterocycles. The van der Waals surface area contributed by atoms with Crippen molar-refractivity contribution in [2.75, 3.05) is 54.6 Å². The van der Waals surface area contributed by atoms with E-state index in [0.29, 0.717) is 17.8 Å². The maximum atomic E-state index is 13.0. The van der Waals surface area contributed by atoms with E-state index in [1.807, 2.05) is 52.0 Å². The fourth-order valence-electron chi connectivity index (χ4n) is 5.38. The van der Waals surface area contributed by atoms with Crippen LogP contribution in [-0.4, -0.2) is 70.2 Å². The number of ether oxygens (including phenoxy) is 1. The van der Waals surface area contributed by atoms with Gasteiger partial charge in [-0.05, 0) is 71.5 Å². The van der Waals surface area contributed by atoms with Crippen LogP contribution >= 0.6 is 0 Å². The summed E-state index contributed by atoms with van der Waals surface area (Å²) in [6.07, 6.45) is 3.12. The average molecular weight is 578 g/mol. The van der Waals surface area contributed by atoms with Gasteiger partial charge in [-0.3, -0.25) is 4.21 Å². The Morgan fingerprint density at radius 3 is 2.49 bits per heavy atom. The second-order valence-corrected chi connectivity index (χ2v) is 13.5. The van der Waals surface area contributed by atoms with E-state index in [-0.39, 0.29) is 11.4 Å². The molecule has 3 heterocycles. The van der Waals surface area contributed by atoms with Crippen molar-refractivity contribution in [3.63, 3.8) is 0 Å². The van der Waals surface area contributed by atoms with Crippen LogP contribution in [0.25, 0.3) is 0 Å². The van der Waals surface area contributed by atoms with Gasteiger partial charge in [0.1, 0.15) is 17.4 Å². The van der Waals surface area contributed by atoms with Crippen LogP contribution in [0.5, 0.6) is 5.75 Å². The molecule has 0 saturated carbocycles. The maximum absolute atomic E-state index is 13.0. The van der Waals surface area contributed by atoms with E-state index in [1.54, 1.807) is 0 Å². The smallest absolute Gasteiger partial charge is 0.231 e. The summed E-state index contributed by atoms with van der Waals surface area (Å²) >= 11 is 0. The lowest BCUT2D eigenvalue weighted by atomic mass is 10.0. The van der Waals surface area contributed by atoms with Crippen LogP contribution in [0.4, 0.5) is 34.6 Å². The summed E-state index contributed by atoms with van der Waals surface area (Å²) in [6, 6.07) is 14.7. The van der Waals surface area contributed by atoms with Crippen molar-refractivity contribution in [1.29, 1.82) is 0 Å². The maximum Gasteiger partial charge on any atom is 0.231 e. The number of nitrogens with zero attached hydrogens (tertiary/aromatic N) is 4. The molecule has 10 heteroatoms. The predicted octanol–water partition coefficient (Wildman–Crippen LogP) is 5.77. The first-order valence-corrected chi connectivity index (χ1v) is 15.8. The number of anilines is 6. The highest BCUT2D eigenvalue weighted by Gasteiger charge is 2.24. The quantitative estimate of drug-likeness (QED) is 0.278. The normalized spacial score (nSPS) is 16.2. The number of rotatable bonds is 10. The van der Waals surface area contributed by atoms with Crippen LogP contribution in [0, 0.1) is 0 Å². The van der Waals surface area contributed by atoms with Gasteiger partial charge in [0.05, 0.1) is 33.2 Å². The molecular weight excluding hydrogens is 534 g/mol. The highest BCUT2D eigenvalue weighted by Crippen LogP contribution is 2.36. The Kier molecular flexibility index (Phi) is 8.99. The Morgan fingerprint density at radius 2 is 1.78 bits per heavy atom. The zero-order valence-corrected chi connectivity index (χ0v) is 25.8. The molecule has 2 aromatic carbocycles. The van der Waals surface area contributed by atoms with Crippen molar-refractivity contribution in [1.82, 2.24) is 14.9 Å². The number of aromatic nitrogens is 2. The van der Waals surface area contributed by atoms with Gasteiger partial charge in [0.2, 0.25) is 5.95 Å². The van der Waals surface area contributed by atoms with E-state index in [2.05, 4.69) is 58.0 Å². The third-order valence-corrected chi connectivity index (χ3v) is 9.24. The molecule has 5 rings (SSSR count). The van der Waals surface area contributed by atoms with E-state index in [9.17, 15) is 4.21 Å². The van der Waals surface area contributed by atoms with Gasteiger partial charge < -0.3 is 30.5 Å². The van der Waals surface area contributed by atoms with Crippen molar-refractivity contribution < 1.29 is 8.95 Å². The fourth-order valence-corrected chi connectivity index (χ4v) is 6.44. The van der Waals surface area contributed by atoms with Crippen LogP contribution in [0.15, 0.2) is 47.4 Å². The summed E-state index contributed by atoms with van der Waals surface area (Å²) in [7, 11) is 3.20. The Balaban J connectivity index is 1.43. The number of hydrogen-bond acceptors (Lipinski definition) is 9. The van der Waals surface area contributed by atoms with Crippen LogP contribution < -0.4 is 25.6 Å². The molecule has 1 unspecified atom stereocenters. The molecule has 0 amide bonds. The Hall–Kier alpha value is -3.37. The van der Waals surface area contributed by atoms with Crippen molar-refractivity contribution >= 4 is 45.4 Å². The second-order valence-electron chi connectivity index (χ2n) is 11.5. The van der Waals surface area contributed by atoms with Gasteiger partial charge >= 0.3 is 0 Å². The minimum absolute atomic E-state index is 0.00894. The van der Waals surface area contributed by atoms with Gasteiger partial charge in [-0.1, -0.05) is 26.0 Å². The lowest BCUT2D eigenvalue weighted by Crippen LogP contribution is -2.42. The number of para-hydroxylation sites is 1. The first-order valence-electron chi connectivity index (χ1n) is 14.6. The molecule has 0 aliphatic carbocycles. The minimum Gasteiger partial charge on any atom is -0.489 e. The molecule has 2 aliphatic rings. The van der Waals surface area contributed by atoms with E-state index in [1.165, 1.54) is 0 Å². The summed E-state index contributed by atoms with van der Waals surface area (Å²) in [4.78, 5) is 15.2. The van der Waals surface area contributed by atoms with E-state index < -0.39 is 10.8 Å². The lowest BCUT2D eigenvalue weighted by molar-refractivity contribution is 0.243. The highest BCUT2D eigenvalue weighted by molar-refractivity contribution is 7.85. The minimum atomic E-state index is -1.13. The van der Waals surface area contributed by atoms with Crippen molar-refractivity contribution in [2.45, 2.75) is 69.2 Å². The van der Waals surface area contributed by atoms with Crippen molar-refractivity contribution in [3.05, 3.63) is 48.0 Å². The molecule has 0 spiro atoms.